The summed E-state index contributed by atoms with van der Waals surface area (Å²) in [6, 6.07) is 8.22. The third-order valence-corrected chi connectivity index (χ3v) is 3.60. The molecule has 0 radical (unpaired) electrons. The average Bonchev–Trinajstić information content (AvgIpc) is 2.58. The highest BCUT2D eigenvalue weighted by molar-refractivity contribution is 5.75. The maximum Gasteiger partial charge on any atom is 0.407 e. The van der Waals surface area contributed by atoms with E-state index in [9.17, 15) is 9.59 Å². The Balaban J connectivity index is 0.000000590. The van der Waals surface area contributed by atoms with Crippen molar-refractivity contribution in [2.45, 2.75) is 53.1 Å². The normalized spacial score (nSPS) is 10.9. The number of hydrogen-bond acceptors (Lipinski definition) is 4. The van der Waals surface area contributed by atoms with E-state index in [-0.39, 0.29) is 17.7 Å². The molecule has 5 nitrogen and oxygen atoms in total. The van der Waals surface area contributed by atoms with Crippen molar-refractivity contribution < 1.29 is 19.1 Å². The van der Waals surface area contributed by atoms with Crippen LogP contribution in [0, 0.1) is 5.41 Å². The summed E-state index contributed by atoms with van der Waals surface area (Å²) >= 11 is 0. The molecule has 0 saturated heterocycles. The van der Waals surface area contributed by atoms with Crippen LogP contribution in [0.25, 0.3) is 6.08 Å². The van der Waals surface area contributed by atoms with Gasteiger partial charge in [-0.05, 0) is 58.6 Å². The minimum Gasteiger partial charge on any atom is -0.469 e. The Morgan fingerprint density at radius 1 is 1.12 bits per heavy atom. The fourth-order valence-corrected chi connectivity index (χ4v) is 1.98. The summed E-state index contributed by atoms with van der Waals surface area (Å²) in [5.41, 5.74) is 1.53. The fourth-order valence-electron chi connectivity index (χ4n) is 1.98. The first kappa shape index (κ1) is 23.7. The zero-order chi connectivity index (χ0) is 20.4. The molecule has 5 heteroatoms. The molecule has 1 aromatic rings. The number of amides is 1. The van der Waals surface area contributed by atoms with Gasteiger partial charge in [-0.15, -0.1) is 0 Å². The number of rotatable bonds is 5. The van der Waals surface area contributed by atoms with Gasteiger partial charge >= 0.3 is 12.1 Å². The van der Waals surface area contributed by atoms with Gasteiger partial charge in [-0.25, -0.2) is 4.79 Å². The standard InChI is InChI=1S/C15H20O2.C6H13NO2/c1-5-12-6-8-13(9-7-12)10-11-15(2,3)14(16)17-4;1-6(2,3)9-5(8)7-4/h5-9H,1,10-11H2,2-4H3;1-4H3,(H,7,8). The third-order valence-electron chi connectivity index (χ3n) is 3.60. The van der Waals surface area contributed by atoms with Crippen molar-refractivity contribution in [3.05, 3.63) is 42.0 Å². The second kappa shape index (κ2) is 10.6. The van der Waals surface area contributed by atoms with E-state index >= 15 is 0 Å². The molecule has 0 saturated carbocycles. The summed E-state index contributed by atoms with van der Waals surface area (Å²) in [5.74, 6) is -0.153. The van der Waals surface area contributed by atoms with Gasteiger partial charge in [-0.2, -0.15) is 0 Å². The molecule has 146 valence electrons. The molecule has 0 aliphatic rings. The van der Waals surface area contributed by atoms with Gasteiger partial charge in [0.25, 0.3) is 0 Å². The van der Waals surface area contributed by atoms with E-state index in [4.69, 9.17) is 9.47 Å². The number of esters is 1. The Morgan fingerprint density at radius 3 is 2.00 bits per heavy atom. The Kier molecular flexibility index (Phi) is 9.70. The second-order valence-corrected chi connectivity index (χ2v) is 7.57. The van der Waals surface area contributed by atoms with E-state index < -0.39 is 5.41 Å². The van der Waals surface area contributed by atoms with E-state index in [1.807, 2.05) is 52.8 Å². The largest absolute Gasteiger partial charge is 0.469 e. The third kappa shape index (κ3) is 9.87. The van der Waals surface area contributed by atoms with E-state index in [0.29, 0.717) is 0 Å². The molecule has 0 heterocycles. The first-order valence-corrected chi connectivity index (χ1v) is 8.65. The highest BCUT2D eigenvalue weighted by Crippen LogP contribution is 2.24. The van der Waals surface area contributed by atoms with Crippen LogP contribution in [0.5, 0.6) is 0 Å². The summed E-state index contributed by atoms with van der Waals surface area (Å²) < 4.78 is 9.62. The molecule has 1 aromatic carbocycles. The van der Waals surface area contributed by atoms with E-state index in [0.717, 1.165) is 18.4 Å². The lowest BCUT2D eigenvalue weighted by Crippen LogP contribution is -2.30. The molecule has 0 aliphatic heterocycles. The summed E-state index contributed by atoms with van der Waals surface area (Å²) in [6.07, 6.45) is 3.09. The number of ether oxygens (including phenoxy) is 2. The number of carbonyl (C=O) groups excluding carboxylic acids is 2. The van der Waals surface area contributed by atoms with Crippen LogP contribution in [0.3, 0.4) is 0 Å². The summed E-state index contributed by atoms with van der Waals surface area (Å²) in [5, 5.41) is 2.36. The number of carbonyl (C=O) groups is 2. The maximum absolute atomic E-state index is 11.5. The first-order chi connectivity index (χ1) is 11.9. The monoisotopic (exact) mass is 363 g/mol. The van der Waals surface area contributed by atoms with Gasteiger partial charge in [-0.3, -0.25) is 4.79 Å². The molecule has 0 unspecified atom stereocenters. The molecule has 1 rings (SSSR count). The van der Waals surface area contributed by atoms with Crippen molar-refractivity contribution in [1.29, 1.82) is 0 Å². The lowest BCUT2D eigenvalue weighted by Gasteiger charge is -2.21. The molecule has 26 heavy (non-hydrogen) atoms. The molecule has 0 fully saturated rings. The number of hydrogen-bond donors (Lipinski definition) is 1. The Hall–Kier alpha value is -2.30. The van der Waals surface area contributed by atoms with Crippen LogP contribution in [0.15, 0.2) is 30.8 Å². The van der Waals surface area contributed by atoms with Crippen LogP contribution in [0.2, 0.25) is 0 Å². The first-order valence-electron chi connectivity index (χ1n) is 8.65. The average molecular weight is 363 g/mol. The van der Waals surface area contributed by atoms with Crippen molar-refractivity contribution in [2.75, 3.05) is 14.2 Å². The van der Waals surface area contributed by atoms with E-state index in [2.05, 4.69) is 24.0 Å². The minimum absolute atomic E-state index is 0.153. The molecule has 0 aromatic heterocycles. The topological polar surface area (TPSA) is 64.6 Å². The Morgan fingerprint density at radius 2 is 1.65 bits per heavy atom. The molecule has 1 N–H and O–H groups in total. The molecule has 0 spiro atoms. The van der Waals surface area contributed by atoms with E-state index in [1.54, 1.807) is 0 Å². The predicted molar refractivity (Wildman–Crippen MR) is 106 cm³/mol. The summed E-state index contributed by atoms with van der Waals surface area (Å²) in [7, 11) is 2.97. The highest BCUT2D eigenvalue weighted by Gasteiger charge is 2.27. The molecule has 0 bridgehead atoms. The highest BCUT2D eigenvalue weighted by atomic mass is 16.6. The van der Waals surface area contributed by atoms with Gasteiger partial charge in [0.15, 0.2) is 0 Å². The van der Waals surface area contributed by atoms with Gasteiger partial charge < -0.3 is 14.8 Å². The van der Waals surface area contributed by atoms with Crippen molar-refractivity contribution in [3.8, 4) is 0 Å². The fraction of sp³-hybridized carbons (Fsp3) is 0.524. The molecule has 1 amide bonds. The summed E-state index contributed by atoms with van der Waals surface area (Å²) in [6.45, 7) is 13.0. The SMILES string of the molecule is C=Cc1ccc(CCC(C)(C)C(=O)OC)cc1.CNC(=O)OC(C)(C)C. The molecule has 0 aliphatic carbocycles. The molecular formula is C21H33NO4. The summed E-state index contributed by atoms with van der Waals surface area (Å²) in [4.78, 5) is 22.0. The van der Waals surface area contributed by atoms with E-state index in [1.165, 1.54) is 19.7 Å². The molecule has 0 atom stereocenters. The van der Waals surface area contributed by atoms with Crippen molar-refractivity contribution in [3.63, 3.8) is 0 Å². The Bertz CT molecular complexity index is 583. The van der Waals surface area contributed by atoms with Crippen LogP contribution < -0.4 is 5.32 Å². The zero-order valence-corrected chi connectivity index (χ0v) is 17.1. The number of benzene rings is 1. The van der Waals surface area contributed by atoms with Crippen molar-refractivity contribution >= 4 is 18.1 Å². The van der Waals surface area contributed by atoms with Crippen LogP contribution in [-0.4, -0.2) is 31.8 Å². The van der Waals surface area contributed by atoms with Gasteiger partial charge in [0.2, 0.25) is 0 Å². The van der Waals surface area contributed by atoms with Gasteiger partial charge in [-0.1, -0.05) is 36.9 Å². The van der Waals surface area contributed by atoms with Crippen LogP contribution in [0.4, 0.5) is 4.79 Å². The number of alkyl carbamates (subject to hydrolysis) is 1. The zero-order valence-electron chi connectivity index (χ0n) is 17.1. The Labute approximate surface area is 157 Å². The lowest BCUT2D eigenvalue weighted by molar-refractivity contribution is -0.151. The predicted octanol–water partition coefficient (Wildman–Crippen LogP) is 4.60. The van der Waals surface area contributed by atoms with Gasteiger partial charge in [0, 0.05) is 7.05 Å². The van der Waals surface area contributed by atoms with Crippen LogP contribution in [-0.2, 0) is 20.7 Å². The number of aryl methyl sites for hydroxylation is 1. The van der Waals surface area contributed by atoms with Crippen LogP contribution >= 0.6 is 0 Å². The maximum atomic E-state index is 11.5. The lowest BCUT2D eigenvalue weighted by atomic mass is 9.86. The van der Waals surface area contributed by atoms with Crippen molar-refractivity contribution in [1.82, 2.24) is 5.32 Å². The van der Waals surface area contributed by atoms with Crippen LogP contribution in [0.1, 0.15) is 52.2 Å². The number of methoxy groups -OCH3 is 1. The minimum atomic E-state index is -0.425. The molecular weight excluding hydrogens is 330 g/mol. The van der Waals surface area contributed by atoms with Crippen molar-refractivity contribution in [2.24, 2.45) is 5.41 Å². The second-order valence-electron chi connectivity index (χ2n) is 7.57. The van der Waals surface area contributed by atoms with Gasteiger partial charge in [0.1, 0.15) is 5.60 Å². The smallest absolute Gasteiger partial charge is 0.407 e. The van der Waals surface area contributed by atoms with Gasteiger partial charge in [0.05, 0.1) is 12.5 Å². The number of nitrogens with one attached hydrogen (secondary N) is 1. The quantitative estimate of drug-likeness (QED) is 0.776.